The van der Waals surface area contributed by atoms with E-state index in [0.717, 1.165) is 15.6 Å². The molecule has 1 heterocycles. The quantitative estimate of drug-likeness (QED) is 0.919. The van der Waals surface area contributed by atoms with Crippen molar-refractivity contribution in [3.63, 3.8) is 0 Å². The van der Waals surface area contributed by atoms with Gasteiger partial charge in [0.15, 0.2) is 0 Å². The van der Waals surface area contributed by atoms with Crippen LogP contribution in [0.15, 0.2) is 41.4 Å². The van der Waals surface area contributed by atoms with Crippen LogP contribution in [0.5, 0.6) is 0 Å². The second-order valence-electron chi connectivity index (χ2n) is 3.58. The van der Waals surface area contributed by atoms with E-state index in [-0.39, 0.29) is 0 Å². The first-order valence-corrected chi connectivity index (χ1v) is 5.67. The number of nitrogens with zero attached hydrogens (tertiary/aromatic N) is 2. The van der Waals surface area contributed by atoms with Gasteiger partial charge >= 0.3 is 0 Å². The van der Waals surface area contributed by atoms with Crippen LogP contribution in [0.2, 0.25) is 0 Å². The highest BCUT2D eigenvalue weighted by Gasteiger charge is 2.11. The van der Waals surface area contributed by atoms with Crippen LogP contribution in [0.25, 0.3) is 0 Å². The van der Waals surface area contributed by atoms with Crippen LogP contribution in [0, 0.1) is 6.92 Å². The number of rotatable bonds is 2. The lowest BCUT2D eigenvalue weighted by Crippen LogP contribution is -2.01. The van der Waals surface area contributed by atoms with Crippen LogP contribution >= 0.6 is 15.9 Å². The number of hydrogen-bond donors (Lipinski definition) is 1. The molecule has 1 aromatic carbocycles. The summed E-state index contributed by atoms with van der Waals surface area (Å²) in [6, 6.07) is 5.77. The van der Waals surface area contributed by atoms with Gasteiger partial charge in [0.2, 0.25) is 0 Å². The molecule has 2 aromatic rings. The minimum Gasteiger partial charge on any atom is -0.384 e. The average Bonchev–Trinajstić information content (AvgIpc) is 2.33. The van der Waals surface area contributed by atoms with Crippen LogP contribution in [0.4, 0.5) is 0 Å². The van der Waals surface area contributed by atoms with E-state index in [1.54, 1.807) is 12.4 Å². The Morgan fingerprint density at radius 2 is 1.88 bits per heavy atom. The summed E-state index contributed by atoms with van der Waals surface area (Å²) in [5.74, 6) is 0. The number of hydrogen-bond acceptors (Lipinski definition) is 3. The summed E-state index contributed by atoms with van der Waals surface area (Å²) >= 11 is 3.44. The van der Waals surface area contributed by atoms with Crippen molar-refractivity contribution < 1.29 is 5.11 Å². The van der Waals surface area contributed by atoms with E-state index in [9.17, 15) is 5.11 Å². The van der Waals surface area contributed by atoms with Crippen molar-refractivity contribution in [3.05, 3.63) is 58.1 Å². The van der Waals surface area contributed by atoms with E-state index in [2.05, 4.69) is 25.9 Å². The van der Waals surface area contributed by atoms with E-state index in [0.29, 0.717) is 5.56 Å². The highest BCUT2D eigenvalue weighted by Crippen LogP contribution is 2.25. The van der Waals surface area contributed by atoms with Gasteiger partial charge in [-0.15, -0.1) is 0 Å². The predicted octanol–water partition coefficient (Wildman–Crippen LogP) is 2.63. The number of aliphatic hydroxyl groups is 1. The summed E-state index contributed by atoms with van der Waals surface area (Å²) in [6.07, 6.45) is 4.00. The minimum atomic E-state index is -0.682. The van der Waals surface area contributed by atoms with Gasteiger partial charge in [-0.2, -0.15) is 0 Å². The van der Waals surface area contributed by atoms with E-state index < -0.39 is 6.10 Å². The van der Waals surface area contributed by atoms with Gasteiger partial charge in [0.1, 0.15) is 12.4 Å². The Hall–Kier alpha value is -1.26. The monoisotopic (exact) mass is 278 g/mol. The molecule has 1 unspecified atom stereocenters. The van der Waals surface area contributed by atoms with Crippen LogP contribution in [-0.4, -0.2) is 15.1 Å². The maximum Gasteiger partial charge on any atom is 0.115 e. The lowest BCUT2D eigenvalue weighted by atomic mass is 10.0. The van der Waals surface area contributed by atoms with Gasteiger partial charge in [-0.1, -0.05) is 28.1 Å². The molecule has 0 aliphatic heterocycles. The van der Waals surface area contributed by atoms with Crippen LogP contribution in [-0.2, 0) is 0 Å². The first kappa shape index (κ1) is 11.2. The first-order valence-electron chi connectivity index (χ1n) is 4.87. The van der Waals surface area contributed by atoms with Gasteiger partial charge in [-0.3, -0.25) is 0 Å². The second kappa shape index (κ2) is 4.72. The molecule has 0 spiro atoms. The standard InChI is InChI=1S/C12H11BrN2O/c1-8-2-3-9(4-11(8)13)12(16)10-5-14-7-15-6-10/h2-7,12,16H,1H3. The molecular weight excluding hydrogens is 268 g/mol. The lowest BCUT2D eigenvalue weighted by molar-refractivity contribution is 0.219. The van der Waals surface area contributed by atoms with Crippen molar-refractivity contribution in [2.24, 2.45) is 0 Å². The molecule has 0 saturated carbocycles. The van der Waals surface area contributed by atoms with Crippen LogP contribution in [0.3, 0.4) is 0 Å². The number of halogens is 1. The molecule has 4 heteroatoms. The van der Waals surface area contributed by atoms with Crippen LogP contribution in [0.1, 0.15) is 22.8 Å². The maximum absolute atomic E-state index is 10.1. The second-order valence-corrected chi connectivity index (χ2v) is 4.44. The summed E-state index contributed by atoms with van der Waals surface area (Å²) in [7, 11) is 0. The van der Waals surface area contributed by atoms with E-state index >= 15 is 0 Å². The fourth-order valence-corrected chi connectivity index (χ4v) is 1.82. The number of aliphatic hydroxyl groups excluding tert-OH is 1. The lowest BCUT2D eigenvalue weighted by Gasteiger charge is -2.11. The zero-order valence-corrected chi connectivity index (χ0v) is 10.3. The molecule has 0 aliphatic carbocycles. The molecule has 16 heavy (non-hydrogen) atoms. The molecule has 1 atom stereocenters. The molecule has 0 aliphatic rings. The third-order valence-corrected chi connectivity index (χ3v) is 3.26. The molecule has 2 rings (SSSR count). The van der Waals surface area contributed by atoms with E-state index in [1.807, 2.05) is 25.1 Å². The molecule has 82 valence electrons. The third-order valence-electron chi connectivity index (χ3n) is 2.41. The van der Waals surface area contributed by atoms with E-state index in [4.69, 9.17) is 0 Å². The SMILES string of the molecule is Cc1ccc(C(O)c2cncnc2)cc1Br. The summed E-state index contributed by atoms with van der Waals surface area (Å²) in [6.45, 7) is 2.01. The minimum absolute atomic E-state index is 0.682. The van der Waals surface area contributed by atoms with Gasteiger partial charge in [0.05, 0.1) is 0 Å². The molecule has 1 aromatic heterocycles. The summed E-state index contributed by atoms with van der Waals surface area (Å²) in [5.41, 5.74) is 2.66. The Morgan fingerprint density at radius 3 is 2.50 bits per heavy atom. The predicted molar refractivity (Wildman–Crippen MR) is 65.0 cm³/mol. The Balaban J connectivity index is 2.34. The largest absolute Gasteiger partial charge is 0.384 e. The third kappa shape index (κ3) is 2.28. The van der Waals surface area contributed by atoms with Crippen molar-refractivity contribution >= 4 is 15.9 Å². The first-order chi connectivity index (χ1) is 7.68. The molecule has 3 nitrogen and oxygen atoms in total. The van der Waals surface area contributed by atoms with Crippen molar-refractivity contribution in [1.82, 2.24) is 9.97 Å². The van der Waals surface area contributed by atoms with Gasteiger partial charge in [0, 0.05) is 22.4 Å². The molecule has 0 radical (unpaired) electrons. The number of benzene rings is 1. The van der Waals surface area contributed by atoms with Crippen molar-refractivity contribution in [3.8, 4) is 0 Å². The Kier molecular flexibility index (Phi) is 3.31. The van der Waals surface area contributed by atoms with E-state index in [1.165, 1.54) is 6.33 Å². The normalized spacial score (nSPS) is 12.4. The maximum atomic E-state index is 10.1. The van der Waals surface area contributed by atoms with Crippen molar-refractivity contribution in [2.75, 3.05) is 0 Å². The molecule has 0 saturated heterocycles. The fraction of sp³-hybridized carbons (Fsp3) is 0.167. The topological polar surface area (TPSA) is 46.0 Å². The van der Waals surface area contributed by atoms with Crippen molar-refractivity contribution in [1.29, 1.82) is 0 Å². The highest BCUT2D eigenvalue weighted by atomic mass is 79.9. The Labute approximate surface area is 102 Å². The molecular formula is C12H11BrN2O. The zero-order chi connectivity index (χ0) is 11.5. The highest BCUT2D eigenvalue weighted by molar-refractivity contribution is 9.10. The molecule has 1 N–H and O–H groups in total. The molecule has 0 fully saturated rings. The van der Waals surface area contributed by atoms with Gasteiger partial charge in [-0.25, -0.2) is 9.97 Å². The molecule has 0 bridgehead atoms. The van der Waals surface area contributed by atoms with Gasteiger partial charge in [0.25, 0.3) is 0 Å². The smallest absolute Gasteiger partial charge is 0.115 e. The Morgan fingerprint density at radius 1 is 1.19 bits per heavy atom. The fourth-order valence-electron chi connectivity index (χ4n) is 1.42. The summed E-state index contributed by atoms with van der Waals surface area (Å²) < 4.78 is 0.987. The summed E-state index contributed by atoms with van der Waals surface area (Å²) in [5, 5.41) is 10.1. The zero-order valence-electron chi connectivity index (χ0n) is 8.76. The van der Waals surface area contributed by atoms with Gasteiger partial charge in [-0.05, 0) is 24.1 Å². The summed E-state index contributed by atoms with van der Waals surface area (Å²) in [4.78, 5) is 7.78. The molecule has 0 amide bonds. The number of aryl methyl sites for hydroxylation is 1. The van der Waals surface area contributed by atoms with Crippen LogP contribution < -0.4 is 0 Å². The number of aromatic nitrogens is 2. The van der Waals surface area contributed by atoms with Crippen molar-refractivity contribution in [2.45, 2.75) is 13.0 Å². The Bertz CT molecular complexity index is 488. The van der Waals surface area contributed by atoms with Gasteiger partial charge < -0.3 is 5.11 Å². The average molecular weight is 279 g/mol.